The van der Waals surface area contributed by atoms with Crippen molar-refractivity contribution >= 4 is 0 Å². The van der Waals surface area contributed by atoms with Gasteiger partial charge in [-0.2, -0.15) is 0 Å². The molecule has 0 saturated heterocycles. The molecule has 0 aromatic carbocycles. The molecule has 1 aliphatic carbocycles. The van der Waals surface area contributed by atoms with Crippen LogP contribution in [0.25, 0.3) is 0 Å². The van der Waals surface area contributed by atoms with Crippen LogP contribution < -0.4 is 5.32 Å². The molecule has 0 heterocycles. The molecule has 0 spiro atoms. The Morgan fingerprint density at radius 1 is 1.45 bits per heavy atom. The lowest BCUT2D eigenvalue weighted by Gasteiger charge is -2.16. The highest BCUT2D eigenvalue weighted by atomic mass is 16.3. The van der Waals surface area contributed by atoms with Gasteiger partial charge in [0.25, 0.3) is 0 Å². The van der Waals surface area contributed by atoms with Crippen molar-refractivity contribution in [3.05, 3.63) is 0 Å². The highest BCUT2D eigenvalue weighted by Gasteiger charge is 2.24. The van der Waals surface area contributed by atoms with Crippen LogP contribution in [0.4, 0.5) is 0 Å². The summed E-state index contributed by atoms with van der Waals surface area (Å²) < 4.78 is 0. The molecular weight excluding hydrogens is 138 g/mol. The average Bonchev–Trinajstić information content (AvgIpc) is 2.31. The van der Waals surface area contributed by atoms with Gasteiger partial charge in [0, 0.05) is 12.6 Å². The number of aliphatic hydroxyl groups is 1. The number of rotatable bonds is 3. The summed E-state index contributed by atoms with van der Waals surface area (Å²) in [6.07, 6.45) is 3.36. The summed E-state index contributed by atoms with van der Waals surface area (Å²) in [4.78, 5) is 0. The Morgan fingerprint density at radius 3 is 2.64 bits per heavy atom. The monoisotopic (exact) mass is 157 g/mol. The van der Waals surface area contributed by atoms with Crippen molar-refractivity contribution in [3.8, 4) is 0 Å². The van der Waals surface area contributed by atoms with Crippen LogP contribution in [0.5, 0.6) is 0 Å². The molecule has 2 nitrogen and oxygen atoms in total. The van der Waals surface area contributed by atoms with E-state index in [0.717, 1.165) is 13.0 Å². The maximum absolute atomic E-state index is 9.46. The van der Waals surface area contributed by atoms with E-state index in [1.165, 1.54) is 12.8 Å². The number of nitrogens with one attached hydrogen (secondary N) is 1. The van der Waals surface area contributed by atoms with E-state index in [9.17, 15) is 5.11 Å². The summed E-state index contributed by atoms with van der Waals surface area (Å²) in [5.41, 5.74) is 0. The van der Waals surface area contributed by atoms with Gasteiger partial charge < -0.3 is 10.4 Å². The fraction of sp³-hybridized carbons (Fsp3) is 1.00. The summed E-state index contributed by atoms with van der Waals surface area (Å²) in [6, 6.07) is 0.544. The normalized spacial score (nSPS) is 31.6. The van der Waals surface area contributed by atoms with Crippen LogP contribution in [-0.4, -0.2) is 23.8 Å². The lowest BCUT2D eigenvalue weighted by Crippen LogP contribution is -2.32. The molecule has 1 aliphatic rings. The SMILES string of the molecule is CC(C)NC[C@@H]1CCC[C@@H]1O. The summed E-state index contributed by atoms with van der Waals surface area (Å²) in [5.74, 6) is 0.511. The summed E-state index contributed by atoms with van der Waals surface area (Å²) in [6.45, 7) is 5.27. The minimum absolute atomic E-state index is 0.0405. The van der Waals surface area contributed by atoms with E-state index in [0.29, 0.717) is 12.0 Å². The van der Waals surface area contributed by atoms with Gasteiger partial charge >= 0.3 is 0 Å². The van der Waals surface area contributed by atoms with Gasteiger partial charge in [-0.15, -0.1) is 0 Å². The quantitative estimate of drug-likeness (QED) is 0.644. The lowest BCUT2D eigenvalue weighted by molar-refractivity contribution is 0.130. The third kappa shape index (κ3) is 2.80. The predicted molar refractivity (Wildman–Crippen MR) is 46.5 cm³/mol. The third-order valence-electron chi connectivity index (χ3n) is 2.41. The molecule has 66 valence electrons. The Bertz CT molecular complexity index is 114. The maximum atomic E-state index is 9.46. The first-order valence-electron chi connectivity index (χ1n) is 4.61. The molecule has 0 aromatic rings. The van der Waals surface area contributed by atoms with E-state index in [2.05, 4.69) is 19.2 Å². The molecule has 0 amide bonds. The van der Waals surface area contributed by atoms with Gasteiger partial charge in [-0.25, -0.2) is 0 Å². The van der Waals surface area contributed by atoms with Crippen LogP contribution >= 0.6 is 0 Å². The van der Waals surface area contributed by atoms with Gasteiger partial charge in [0.2, 0.25) is 0 Å². The first-order valence-corrected chi connectivity index (χ1v) is 4.61. The van der Waals surface area contributed by atoms with Gasteiger partial charge in [-0.05, 0) is 18.8 Å². The predicted octanol–water partition coefficient (Wildman–Crippen LogP) is 1.15. The molecule has 11 heavy (non-hydrogen) atoms. The molecule has 0 unspecified atom stereocenters. The second kappa shape index (κ2) is 4.07. The molecule has 1 fully saturated rings. The first-order chi connectivity index (χ1) is 5.20. The maximum Gasteiger partial charge on any atom is 0.0580 e. The fourth-order valence-corrected chi connectivity index (χ4v) is 1.64. The fourth-order valence-electron chi connectivity index (χ4n) is 1.64. The van der Waals surface area contributed by atoms with E-state index < -0.39 is 0 Å². The lowest BCUT2D eigenvalue weighted by atomic mass is 10.1. The molecular formula is C9H19NO. The molecule has 2 heteroatoms. The second-order valence-electron chi connectivity index (χ2n) is 3.82. The average molecular weight is 157 g/mol. The Kier molecular flexibility index (Phi) is 3.34. The Balaban J connectivity index is 2.15. The van der Waals surface area contributed by atoms with E-state index in [4.69, 9.17) is 0 Å². The van der Waals surface area contributed by atoms with Gasteiger partial charge in [0.1, 0.15) is 0 Å². The van der Waals surface area contributed by atoms with Crippen molar-refractivity contribution in [2.45, 2.75) is 45.3 Å². The molecule has 2 N–H and O–H groups in total. The van der Waals surface area contributed by atoms with Gasteiger partial charge in [0.15, 0.2) is 0 Å². The minimum Gasteiger partial charge on any atom is -0.393 e. The van der Waals surface area contributed by atoms with Crippen LogP contribution in [0.15, 0.2) is 0 Å². The van der Waals surface area contributed by atoms with Crippen LogP contribution in [0.1, 0.15) is 33.1 Å². The Hall–Kier alpha value is -0.0800. The number of hydrogen-bond acceptors (Lipinski definition) is 2. The summed E-state index contributed by atoms with van der Waals surface area (Å²) >= 11 is 0. The van der Waals surface area contributed by atoms with Crippen LogP contribution in [-0.2, 0) is 0 Å². The van der Waals surface area contributed by atoms with Crippen molar-refractivity contribution in [2.24, 2.45) is 5.92 Å². The van der Waals surface area contributed by atoms with Crippen molar-refractivity contribution in [2.75, 3.05) is 6.54 Å². The van der Waals surface area contributed by atoms with E-state index in [1.807, 2.05) is 0 Å². The highest BCUT2D eigenvalue weighted by Crippen LogP contribution is 2.24. The van der Waals surface area contributed by atoms with Gasteiger partial charge in [0.05, 0.1) is 6.10 Å². The standard InChI is InChI=1S/C9H19NO/c1-7(2)10-6-8-4-3-5-9(8)11/h7-11H,3-6H2,1-2H3/t8-,9-/m0/s1. The first kappa shape index (κ1) is 9.01. The van der Waals surface area contributed by atoms with Crippen molar-refractivity contribution in [1.29, 1.82) is 0 Å². The molecule has 0 aromatic heterocycles. The zero-order chi connectivity index (χ0) is 8.27. The Morgan fingerprint density at radius 2 is 2.18 bits per heavy atom. The summed E-state index contributed by atoms with van der Waals surface area (Å²) in [7, 11) is 0. The van der Waals surface area contributed by atoms with Gasteiger partial charge in [-0.3, -0.25) is 0 Å². The van der Waals surface area contributed by atoms with E-state index in [1.54, 1.807) is 0 Å². The van der Waals surface area contributed by atoms with Crippen molar-refractivity contribution < 1.29 is 5.11 Å². The molecule has 0 radical (unpaired) electrons. The van der Waals surface area contributed by atoms with Crippen molar-refractivity contribution in [3.63, 3.8) is 0 Å². The van der Waals surface area contributed by atoms with Crippen LogP contribution in [0.2, 0.25) is 0 Å². The van der Waals surface area contributed by atoms with E-state index >= 15 is 0 Å². The largest absolute Gasteiger partial charge is 0.393 e. The molecule has 1 rings (SSSR count). The molecule has 2 atom stereocenters. The highest BCUT2D eigenvalue weighted by molar-refractivity contribution is 4.78. The third-order valence-corrected chi connectivity index (χ3v) is 2.41. The van der Waals surface area contributed by atoms with E-state index in [-0.39, 0.29) is 6.10 Å². The Labute approximate surface area is 69.0 Å². The molecule has 1 saturated carbocycles. The smallest absolute Gasteiger partial charge is 0.0580 e. The molecule has 0 aliphatic heterocycles. The molecule has 0 bridgehead atoms. The topological polar surface area (TPSA) is 32.3 Å². The summed E-state index contributed by atoms with van der Waals surface area (Å²) in [5, 5.41) is 12.8. The van der Waals surface area contributed by atoms with Crippen molar-refractivity contribution in [1.82, 2.24) is 5.32 Å². The van der Waals surface area contributed by atoms with Crippen LogP contribution in [0, 0.1) is 5.92 Å². The second-order valence-corrected chi connectivity index (χ2v) is 3.82. The zero-order valence-electron chi connectivity index (χ0n) is 7.51. The number of aliphatic hydroxyl groups excluding tert-OH is 1. The zero-order valence-corrected chi connectivity index (χ0v) is 7.51. The van der Waals surface area contributed by atoms with Gasteiger partial charge in [-0.1, -0.05) is 20.3 Å². The van der Waals surface area contributed by atoms with Crippen LogP contribution in [0.3, 0.4) is 0 Å². The minimum atomic E-state index is -0.0405. The number of hydrogen-bond donors (Lipinski definition) is 2.